The highest BCUT2D eigenvalue weighted by molar-refractivity contribution is 5.96. The molecule has 1 heterocycles. The summed E-state index contributed by atoms with van der Waals surface area (Å²) in [7, 11) is 0. The van der Waals surface area contributed by atoms with Crippen molar-refractivity contribution in [1.29, 1.82) is 5.26 Å². The van der Waals surface area contributed by atoms with E-state index < -0.39 is 5.92 Å². The van der Waals surface area contributed by atoms with Crippen molar-refractivity contribution < 1.29 is 4.79 Å². The minimum atomic E-state index is -0.419. The fourth-order valence-electron chi connectivity index (χ4n) is 2.46. The van der Waals surface area contributed by atoms with Crippen LogP contribution in [0.2, 0.25) is 0 Å². The number of benzene rings is 2. The van der Waals surface area contributed by atoms with Crippen LogP contribution in [-0.2, 0) is 0 Å². The van der Waals surface area contributed by atoms with Gasteiger partial charge in [-0.1, -0.05) is 30.3 Å². The van der Waals surface area contributed by atoms with Crippen LogP contribution in [0.3, 0.4) is 0 Å². The van der Waals surface area contributed by atoms with Gasteiger partial charge in [-0.2, -0.15) is 5.26 Å². The smallest absolute Gasteiger partial charge is 0.164 e. The first kappa shape index (κ1) is 14.7. The Morgan fingerprint density at radius 3 is 2.48 bits per heavy atom. The lowest BCUT2D eigenvalue weighted by atomic mass is 9.93. The molecule has 0 N–H and O–H groups in total. The molecule has 0 radical (unpaired) electrons. The lowest BCUT2D eigenvalue weighted by Gasteiger charge is -2.09. The molecule has 0 aliphatic heterocycles. The summed E-state index contributed by atoms with van der Waals surface area (Å²) in [6.45, 7) is 0. The van der Waals surface area contributed by atoms with Gasteiger partial charge in [-0.05, 0) is 29.8 Å². The van der Waals surface area contributed by atoms with Crippen molar-refractivity contribution in [3.63, 3.8) is 0 Å². The van der Waals surface area contributed by atoms with E-state index in [0.29, 0.717) is 5.56 Å². The molecule has 3 rings (SSSR count). The molecule has 1 atom stereocenters. The van der Waals surface area contributed by atoms with Gasteiger partial charge in [0, 0.05) is 30.1 Å². The average Bonchev–Trinajstić information content (AvgIpc) is 3.15. The summed E-state index contributed by atoms with van der Waals surface area (Å²) >= 11 is 0. The second-order valence-corrected chi connectivity index (χ2v) is 5.24. The Labute approximate surface area is 134 Å². The Bertz CT molecular complexity index is 815. The van der Waals surface area contributed by atoms with Crippen LogP contribution in [0.5, 0.6) is 0 Å². The van der Waals surface area contributed by atoms with E-state index in [1.54, 1.807) is 24.7 Å². The second kappa shape index (κ2) is 6.71. The normalized spacial score (nSPS) is 11.6. The summed E-state index contributed by atoms with van der Waals surface area (Å²) in [5, 5.41) is 9.33. The molecule has 0 bridgehead atoms. The third-order valence-corrected chi connectivity index (χ3v) is 3.74. The molecule has 0 amide bonds. The predicted molar refractivity (Wildman–Crippen MR) is 87.3 cm³/mol. The summed E-state index contributed by atoms with van der Waals surface area (Å²) in [6.07, 6.45) is 5.44. The highest BCUT2D eigenvalue weighted by atomic mass is 16.1. The fraction of sp³-hybridized carbons (Fsp3) is 0.105. The Morgan fingerprint density at radius 2 is 1.87 bits per heavy atom. The Morgan fingerprint density at radius 1 is 1.13 bits per heavy atom. The standard InChI is InChI=1S/C19H15N3O/c20-13-17(15-4-2-1-3-5-15)12-19(23)16-6-8-18(9-7-16)22-11-10-21-14-22/h1-11,14,17H,12H2. The third-order valence-electron chi connectivity index (χ3n) is 3.74. The SMILES string of the molecule is N#CC(CC(=O)c1ccc(-n2ccnc2)cc1)c1ccccc1. The molecule has 4 heteroatoms. The van der Waals surface area contributed by atoms with E-state index in [2.05, 4.69) is 11.1 Å². The maximum atomic E-state index is 12.4. The highest BCUT2D eigenvalue weighted by Crippen LogP contribution is 2.21. The molecule has 0 aliphatic rings. The summed E-state index contributed by atoms with van der Waals surface area (Å²) < 4.78 is 1.87. The summed E-state index contributed by atoms with van der Waals surface area (Å²) in [5.74, 6) is -0.449. The van der Waals surface area contributed by atoms with Gasteiger partial charge in [-0.3, -0.25) is 4.79 Å². The molecule has 1 aromatic heterocycles. The number of nitriles is 1. The van der Waals surface area contributed by atoms with Gasteiger partial charge >= 0.3 is 0 Å². The first-order chi connectivity index (χ1) is 11.3. The Kier molecular flexibility index (Phi) is 4.30. The molecule has 0 aliphatic carbocycles. The van der Waals surface area contributed by atoms with Crippen LogP contribution < -0.4 is 0 Å². The van der Waals surface area contributed by atoms with Gasteiger partial charge in [-0.25, -0.2) is 4.98 Å². The van der Waals surface area contributed by atoms with Gasteiger partial charge < -0.3 is 4.57 Å². The maximum Gasteiger partial charge on any atom is 0.164 e. The van der Waals surface area contributed by atoms with Crippen LogP contribution in [0.1, 0.15) is 28.3 Å². The van der Waals surface area contributed by atoms with Crippen molar-refractivity contribution in [3.05, 3.63) is 84.4 Å². The zero-order valence-electron chi connectivity index (χ0n) is 12.5. The quantitative estimate of drug-likeness (QED) is 0.674. The minimum absolute atomic E-state index is 0.0300. The van der Waals surface area contributed by atoms with Gasteiger partial charge in [0.2, 0.25) is 0 Å². The monoisotopic (exact) mass is 301 g/mol. The van der Waals surface area contributed by atoms with Crippen LogP contribution >= 0.6 is 0 Å². The number of nitrogens with zero attached hydrogens (tertiary/aromatic N) is 3. The maximum absolute atomic E-state index is 12.4. The summed E-state index contributed by atoms with van der Waals surface area (Å²) in [6, 6.07) is 19.0. The Hall–Kier alpha value is -3.19. The molecule has 0 spiro atoms. The van der Waals surface area contributed by atoms with E-state index in [4.69, 9.17) is 0 Å². The zero-order valence-corrected chi connectivity index (χ0v) is 12.5. The molecule has 0 fully saturated rings. The van der Waals surface area contributed by atoms with E-state index in [0.717, 1.165) is 11.3 Å². The largest absolute Gasteiger partial charge is 0.306 e. The van der Waals surface area contributed by atoms with Crippen molar-refractivity contribution in [3.8, 4) is 11.8 Å². The van der Waals surface area contributed by atoms with E-state index in [-0.39, 0.29) is 12.2 Å². The van der Waals surface area contributed by atoms with E-state index >= 15 is 0 Å². The third kappa shape index (κ3) is 3.35. The topological polar surface area (TPSA) is 58.7 Å². The molecule has 3 aromatic rings. The summed E-state index contributed by atoms with van der Waals surface area (Å²) in [4.78, 5) is 16.4. The van der Waals surface area contributed by atoms with Crippen LogP contribution in [0.25, 0.3) is 5.69 Å². The van der Waals surface area contributed by atoms with Gasteiger partial charge in [0.15, 0.2) is 5.78 Å². The lowest BCUT2D eigenvalue weighted by Crippen LogP contribution is -2.06. The van der Waals surface area contributed by atoms with Crippen molar-refractivity contribution in [1.82, 2.24) is 9.55 Å². The number of carbonyl (C=O) groups is 1. The molecule has 4 nitrogen and oxygen atoms in total. The lowest BCUT2D eigenvalue weighted by molar-refractivity contribution is 0.0979. The number of rotatable bonds is 5. The fourth-order valence-corrected chi connectivity index (χ4v) is 2.46. The van der Waals surface area contributed by atoms with Gasteiger partial charge in [0.05, 0.1) is 18.3 Å². The second-order valence-electron chi connectivity index (χ2n) is 5.24. The summed E-state index contributed by atoms with van der Waals surface area (Å²) in [5.41, 5.74) is 2.43. The number of aromatic nitrogens is 2. The molecule has 112 valence electrons. The van der Waals surface area contributed by atoms with Gasteiger partial charge in [0.25, 0.3) is 0 Å². The van der Waals surface area contributed by atoms with Crippen molar-refractivity contribution in [2.45, 2.75) is 12.3 Å². The van der Waals surface area contributed by atoms with Crippen LogP contribution in [0.4, 0.5) is 0 Å². The minimum Gasteiger partial charge on any atom is -0.306 e. The van der Waals surface area contributed by atoms with Gasteiger partial charge in [0.1, 0.15) is 0 Å². The van der Waals surface area contributed by atoms with Crippen LogP contribution in [-0.4, -0.2) is 15.3 Å². The number of ketones is 1. The van der Waals surface area contributed by atoms with E-state index in [1.165, 1.54) is 0 Å². The van der Waals surface area contributed by atoms with E-state index in [9.17, 15) is 10.1 Å². The molecule has 2 aromatic carbocycles. The Balaban J connectivity index is 1.74. The van der Waals surface area contributed by atoms with Crippen molar-refractivity contribution in [2.24, 2.45) is 0 Å². The number of hydrogen-bond acceptors (Lipinski definition) is 3. The predicted octanol–water partition coefficient (Wildman–Crippen LogP) is 3.75. The van der Waals surface area contributed by atoms with Crippen molar-refractivity contribution in [2.75, 3.05) is 0 Å². The first-order valence-corrected chi connectivity index (χ1v) is 7.34. The number of carbonyl (C=O) groups excluding carboxylic acids is 1. The van der Waals surface area contributed by atoms with Crippen LogP contribution in [0, 0.1) is 11.3 Å². The number of hydrogen-bond donors (Lipinski definition) is 0. The highest BCUT2D eigenvalue weighted by Gasteiger charge is 2.16. The number of Topliss-reactive ketones (excluding diaryl/α,β-unsaturated/α-hetero) is 1. The van der Waals surface area contributed by atoms with Gasteiger partial charge in [-0.15, -0.1) is 0 Å². The van der Waals surface area contributed by atoms with E-state index in [1.807, 2.05) is 53.2 Å². The van der Waals surface area contributed by atoms with Crippen LogP contribution in [0.15, 0.2) is 73.3 Å². The van der Waals surface area contributed by atoms with Crippen molar-refractivity contribution >= 4 is 5.78 Å². The molecule has 1 unspecified atom stereocenters. The molecular formula is C19H15N3O. The first-order valence-electron chi connectivity index (χ1n) is 7.34. The molecule has 0 saturated carbocycles. The molecule has 0 saturated heterocycles. The molecular weight excluding hydrogens is 286 g/mol. The zero-order chi connectivity index (χ0) is 16.1. The molecule has 23 heavy (non-hydrogen) atoms. The number of imidazole rings is 1. The average molecular weight is 301 g/mol.